The summed E-state index contributed by atoms with van der Waals surface area (Å²) in [6, 6.07) is 17.1. The highest BCUT2D eigenvalue weighted by atomic mass is 32.2. The monoisotopic (exact) mass is 412 g/mol. The number of amides is 1. The van der Waals surface area contributed by atoms with Crippen LogP contribution < -0.4 is 14.8 Å². The largest absolute Gasteiger partial charge is 0.506 e. The average molecular weight is 412 g/mol. The number of phenolic OH excluding ortho intramolecular Hbond substituents is 1. The summed E-state index contributed by atoms with van der Waals surface area (Å²) in [7, 11) is -2.55. The Morgan fingerprint density at radius 3 is 2.34 bits per heavy atom. The zero-order chi connectivity index (χ0) is 21.0. The van der Waals surface area contributed by atoms with Crippen molar-refractivity contribution in [2.45, 2.75) is 11.8 Å². The van der Waals surface area contributed by atoms with Crippen LogP contribution in [0.1, 0.15) is 15.9 Å². The molecule has 0 bridgehead atoms. The number of carbonyl (C=O) groups is 1. The SMILES string of the molecule is COc1ccccc1NS(=O)(=O)c1ccc(O)c(NC(=O)c2ccc(C)cc2)c1. The molecule has 0 aliphatic rings. The van der Waals surface area contributed by atoms with Crippen molar-refractivity contribution in [3.8, 4) is 11.5 Å². The van der Waals surface area contributed by atoms with Crippen LogP contribution in [0.15, 0.2) is 71.6 Å². The van der Waals surface area contributed by atoms with Gasteiger partial charge in [-0.2, -0.15) is 0 Å². The topological polar surface area (TPSA) is 105 Å². The minimum atomic E-state index is -3.98. The molecule has 0 spiro atoms. The lowest BCUT2D eigenvalue weighted by Crippen LogP contribution is -2.15. The molecule has 3 N–H and O–H groups in total. The predicted molar refractivity (Wildman–Crippen MR) is 111 cm³/mol. The van der Waals surface area contributed by atoms with Gasteiger partial charge in [-0.15, -0.1) is 0 Å². The van der Waals surface area contributed by atoms with Gasteiger partial charge in [-0.1, -0.05) is 29.8 Å². The van der Waals surface area contributed by atoms with Crippen molar-refractivity contribution in [2.24, 2.45) is 0 Å². The Balaban J connectivity index is 1.87. The lowest BCUT2D eigenvalue weighted by molar-refractivity contribution is 0.102. The minimum absolute atomic E-state index is 0.0153. The molecule has 3 rings (SSSR count). The Morgan fingerprint density at radius 1 is 0.966 bits per heavy atom. The van der Waals surface area contributed by atoms with Gasteiger partial charge < -0.3 is 15.2 Å². The smallest absolute Gasteiger partial charge is 0.262 e. The van der Waals surface area contributed by atoms with Gasteiger partial charge in [0.1, 0.15) is 11.5 Å². The number of aryl methyl sites for hydroxylation is 1. The molecule has 1 amide bonds. The van der Waals surface area contributed by atoms with Crippen molar-refractivity contribution in [3.63, 3.8) is 0 Å². The van der Waals surface area contributed by atoms with Crippen molar-refractivity contribution in [2.75, 3.05) is 17.1 Å². The van der Waals surface area contributed by atoms with E-state index in [4.69, 9.17) is 4.74 Å². The van der Waals surface area contributed by atoms with Crippen LogP contribution in [0.4, 0.5) is 11.4 Å². The van der Waals surface area contributed by atoms with Crippen LogP contribution >= 0.6 is 0 Å². The van der Waals surface area contributed by atoms with Crippen LogP contribution in [0.25, 0.3) is 0 Å². The number of benzene rings is 3. The first kappa shape index (κ1) is 20.2. The molecule has 8 heteroatoms. The van der Waals surface area contributed by atoms with Gasteiger partial charge in [-0.3, -0.25) is 9.52 Å². The molecule has 0 heterocycles. The maximum absolute atomic E-state index is 12.8. The maximum atomic E-state index is 12.8. The van der Waals surface area contributed by atoms with Crippen molar-refractivity contribution >= 4 is 27.3 Å². The predicted octanol–water partition coefficient (Wildman–Crippen LogP) is 3.76. The molecule has 3 aromatic rings. The van der Waals surface area contributed by atoms with Crippen LogP contribution in [0.3, 0.4) is 0 Å². The summed E-state index contributed by atoms with van der Waals surface area (Å²) in [6.07, 6.45) is 0. The second-order valence-corrected chi connectivity index (χ2v) is 7.99. The molecule has 0 unspecified atom stereocenters. The number of sulfonamides is 1. The van der Waals surface area contributed by atoms with E-state index in [0.29, 0.717) is 11.3 Å². The molecule has 0 saturated heterocycles. The van der Waals surface area contributed by atoms with E-state index >= 15 is 0 Å². The van der Waals surface area contributed by atoms with Crippen LogP contribution in [0.2, 0.25) is 0 Å². The molecule has 0 radical (unpaired) electrons. The van der Waals surface area contributed by atoms with Crippen LogP contribution in [0.5, 0.6) is 11.5 Å². The third-order valence-electron chi connectivity index (χ3n) is 4.19. The van der Waals surface area contributed by atoms with Crippen LogP contribution in [0, 0.1) is 6.92 Å². The van der Waals surface area contributed by atoms with Crippen molar-refractivity contribution < 1.29 is 23.1 Å². The fraction of sp³-hybridized carbons (Fsp3) is 0.0952. The summed E-state index contributed by atoms with van der Waals surface area (Å²) in [5.41, 5.74) is 1.64. The van der Waals surface area contributed by atoms with Gasteiger partial charge in [0.25, 0.3) is 15.9 Å². The van der Waals surface area contributed by atoms with E-state index in [1.165, 1.54) is 25.3 Å². The molecule has 3 aromatic carbocycles. The Labute approximate surface area is 169 Å². The normalized spacial score (nSPS) is 11.0. The minimum Gasteiger partial charge on any atom is -0.506 e. The third-order valence-corrected chi connectivity index (χ3v) is 5.55. The molecule has 0 saturated carbocycles. The summed E-state index contributed by atoms with van der Waals surface area (Å²) in [5, 5.41) is 12.6. The fourth-order valence-corrected chi connectivity index (χ4v) is 3.71. The number of phenols is 1. The number of anilines is 2. The highest BCUT2D eigenvalue weighted by Gasteiger charge is 2.19. The third kappa shape index (κ3) is 4.67. The van der Waals surface area contributed by atoms with Gasteiger partial charge in [0.15, 0.2) is 0 Å². The Morgan fingerprint density at radius 2 is 1.66 bits per heavy atom. The highest BCUT2D eigenvalue weighted by Crippen LogP contribution is 2.30. The standard InChI is InChI=1S/C21H20N2O5S/c1-14-7-9-15(10-8-14)21(25)22-18-13-16(11-12-19(18)24)29(26,27)23-17-5-3-4-6-20(17)28-2/h3-13,23-24H,1-2H3,(H,22,25). The maximum Gasteiger partial charge on any atom is 0.262 e. The number of hydrogen-bond donors (Lipinski definition) is 3. The average Bonchev–Trinajstić information content (AvgIpc) is 2.70. The molecule has 29 heavy (non-hydrogen) atoms. The summed E-state index contributed by atoms with van der Waals surface area (Å²) in [5.74, 6) is -0.350. The van der Waals surface area contributed by atoms with Crippen LogP contribution in [-0.2, 0) is 10.0 Å². The summed E-state index contributed by atoms with van der Waals surface area (Å²) < 4.78 is 33.1. The molecular formula is C21H20N2O5S. The summed E-state index contributed by atoms with van der Waals surface area (Å²) in [4.78, 5) is 12.3. The number of carbonyl (C=O) groups excluding carboxylic acids is 1. The van der Waals surface area contributed by atoms with E-state index in [2.05, 4.69) is 10.0 Å². The van der Waals surface area contributed by atoms with E-state index < -0.39 is 15.9 Å². The molecule has 0 fully saturated rings. The molecule has 0 aliphatic carbocycles. The van der Waals surface area contributed by atoms with Gasteiger partial charge in [-0.05, 0) is 49.4 Å². The molecule has 0 aromatic heterocycles. The van der Waals surface area contributed by atoms with E-state index in [1.807, 2.05) is 6.92 Å². The van der Waals surface area contributed by atoms with E-state index in [-0.39, 0.29) is 22.0 Å². The number of methoxy groups -OCH3 is 1. The number of hydrogen-bond acceptors (Lipinski definition) is 5. The number of aromatic hydroxyl groups is 1. The summed E-state index contributed by atoms with van der Waals surface area (Å²) in [6.45, 7) is 1.90. The number of ether oxygens (including phenoxy) is 1. The van der Waals surface area contributed by atoms with Crippen LogP contribution in [-0.4, -0.2) is 26.5 Å². The first-order valence-electron chi connectivity index (χ1n) is 8.67. The van der Waals surface area contributed by atoms with E-state index in [0.717, 1.165) is 5.56 Å². The van der Waals surface area contributed by atoms with Gasteiger partial charge in [0.2, 0.25) is 0 Å². The van der Waals surface area contributed by atoms with Gasteiger partial charge in [0, 0.05) is 5.56 Å². The van der Waals surface area contributed by atoms with Crippen molar-refractivity contribution in [1.82, 2.24) is 0 Å². The van der Waals surface area contributed by atoms with Gasteiger partial charge in [-0.25, -0.2) is 8.42 Å². The Bertz CT molecular complexity index is 1140. The highest BCUT2D eigenvalue weighted by molar-refractivity contribution is 7.92. The number of rotatable bonds is 6. The lowest BCUT2D eigenvalue weighted by atomic mass is 10.1. The van der Waals surface area contributed by atoms with Gasteiger partial charge >= 0.3 is 0 Å². The van der Waals surface area contributed by atoms with Crippen molar-refractivity contribution in [3.05, 3.63) is 77.9 Å². The molecule has 150 valence electrons. The fourth-order valence-electron chi connectivity index (χ4n) is 2.61. The molecule has 0 atom stereocenters. The van der Waals surface area contributed by atoms with Gasteiger partial charge in [0.05, 0.1) is 23.4 Å². The number of nitrogens with one attached hydrogen (secondary N) is 2. The second kappa shape index (κ2) is 8.24. The molecular weight excluding hydrogens is 392 g/mol. The van der Waals surface area contributed by atoms with E-state index in [1.54, 1.807) is 48.5 Å². The van der Waals surface area contributed by atoms with E-state index in [9.17, 15) is 18.3 Å². The first-order chi connectivity index (χ1) is 13.8. The lowest BCUT2D eigenvalue weighted by Gasteiger charge is -2.13. The Kier molecular flexibility index (Phi) is 5.74. The number of para-hydroxylation sites is 2. The second-order valence-electron chi connectivity index (χ2n) is 6.30. The quantitative estimate of drug-likeness (QED) is 0.535. The summed E-state index contributed by atoms with van der Waals surface area (Å²) >= 11 is 0. The zero-order valence-electron chi connectivity index (χ0n) is 15.8. The molecule has 7 nitrogen and oxygen atoms in total. The first-order valence-corrected chi connectivity index (χ1v) is 10.2. The molecule has 0 aliphatic heterocycles. The Hall–Kier alpha value is -3.52. The zero-order valence-corrected chi connectivity index (χ0v) is 16.7. The van der Waals surface area contributed by atoms with Crippen molar-refractivity contribution in [1.29, 1.82) is 0 Å².